The van der Waals surface area contributed by atoms with E-state index < -0.39 is 0 Å². The number of pyridine rings is 1. The Hall–Kier alpha value is -1.84. The predicted molar refractivity (Wildman–Crippen MR) is 126 cm³/mol. The predicted octanol–water partition coefficient (Wildman–Crippen LogP) is 6.13. The van der Waals surface area contributed by atoms with Crippen molar-refractivity contribution >= 4 is 17.2 Å². The van der Waals surface area contributed by atoms with Crippen LogP contribution in [0.5, 0.6) is 0 Å². The molecule has 0 amide bonds. The van der Waals surface area contributed by atoms with E-state index in [0.717, 1.165) is 42.8 Å². The molecule has 4 heteroatoms. The van der Waals surface area contributed by atoms with Crippen molar-refractivity contribution < 1.29 is 0 Å². The number of hydrogen-bond acceptors (Lipinski definition) is 2. The first-order valence-electron chi connectivity index (χ1n) is 10.5. The molecule has 158 valence electrons. The van der Waals surface area contributed by atoms with Crippen LogP contribution in [0, 0.1) is 5.92 Å². The molecule has 0 unspecified atom stereocenters. The number of aromatic nitrogens is 1. The van der Waals surface area contributed by atoms with E-state index in [4.69, 9.17) is 11.6 Å². The van der Waals surface area contributed by atoms with Gasteiger partial charge >= 0.3 is 0 Å². The first kappa shape index (κ1) is 23.4. The van der Waals surface area contributed by atoms with E-state index in [1.54, 1.807) is 6.07 Å². The summed E-state index contributed by atoms with van der Waals surface area (Å²) in [7, 11) is 2.17. The highest BCUT2D eigenvalue weighted by atomic mass is 35.5. The number of nitrogens with one attached hydrogen (secondary N) is 1. The first-order chi connectivity index (χ1) is 13.6. The quantitative estimate of drug-likeness (QED) is 0.527. The van der Waals surface area contributed by atoms with E-state index in [9.17, 15) is 4.79 Å². The summed E-state index contributed by atoms with van der Waals surface area (Å²) >= 11 is 5.94. The lowest BCUT2D eigenvalue weighted by molar-refractivity contribution is 0.293. The summed E-state index contributed by atoms with van der Waals surface area (Å²) < 4.78 is 0. The van der Waals surface area contributed by atoms with Crippen molar-refractivity contribution in [1.82, 2.24) is 9.88 Å². The van der Waals surface area contributed by atoms with Gasteiger partial charge in [0.1, 0.15) is 5.02 Å². The van der Waals surface area contributed by atoms with Crippen LogP contribution in [-0.4, -0.2) is 30.0 Å². The van der Waals surface area contributed by atoms with Gasteiger partial charge in [-0.2, -0.15) is 0 Å². The van der Waals surface area contributed by atoms with Crippen LogP contribution in [-0.2, 0) is 5.41 Å². The Kier molecular flexibility index (Phi) is 8.30. The van der Waals surface area contributed by atoms with Gasteiger partial charge in [0, 0.05) is 17.8 Å². The Balaban J connectivity index is 2.26. The lowest BCUT2D eigenvalue weighted by atomic mass is 9.86. The van der Waals surface area contributed by atoms with Gasteiger partial charge < -0.3 is 9.88 Å². The maximum Gasteiger partial charge on any atom is 0.267 e. The zero-order chi connectivity index (χ0) is 21.6. The summed E-state index contributed by atoms with van der Waals surface area (Å²) in [6.07, 6.45) is 4.25. The fourth-order valence-electron chi connectivity index (χ4n) is 3.47. The van der Waals surface area contributed by atoms with Crippen molar-refractivity contribution in [2.75, 3.05) is 20.1 Å². The minimum absolute atomic E-state index is 0.109. The Morgan fingerprint density at radius 3 is 2.34 bits per heavy atom. The van der Waals surface area contributed by atoms with Gasteiger partial charge in [0.2, 0.25) is 0 Å². The Bertz CT molecular complexity index is 873. The van der Waals surface area contributed by atoms with Crippen LogP contribution in [0.1, 0.15) is 64.3 Å². The molecule has 1 aromatic carbocycles. The van der Waals surface area contributed by atoms with Crippen molar-refractivity contribution in [1.29, 1.82) is 0 Å². The van der Waals surface area contributed by atoms with Gasteiger partial charge in [-0.3, -0.25) is 4.79 Å². The fourth-order valence-corrected chi connectivity index (χ4v) is 3.58. The second-order valence-electron chi connectivity index (χ2n) is 9.29. The molecule has 0 fully saturated rings. The topological polar surface area (TPSA) is 36.1 Å². The Labute approximate surface area is 180 Å². The second kappa shape index (κ2) is 10.3. The molecular weight excluding hydrogens is 380 g/mol. The van der Waals surface area contributed by atoms with E-state index in [-0.39, 0.29) is 16.0 Å². The maximum atomic E-state index is 12.1. The molecule has 1 heterocycles. The molecule has 0 aliphatic rings. The van der Waals surface area contributed by atoms with Crippen molar-refractivity contribution in [2.24, 2.45) is 5.92 Å². The van der Waals surface area contributed by atoms with Crippen molar-refractivity contribution in [3.63, 3.8) is 0 Å². The van der Waals surface area contributed by atoms with Crippen molar-refractivity contribution in [3.8, 4) is 0 Å². The molecule has 0 radical (unpaired) electrons. The van der Waals surface area contributed by atoms with Gasteiger partial charge in [0.15, 0.2) is 0 Å². The van der Waals surface area contributed by atoms with E-state index in [1.807, 2.05) is 6.07 Å². The number of benzene rings is 1. The van der Waals surface area contributed by atoms with Crippen LogP contribution in [0.2, 0.25) is 5.02 Å². The minimum atomic E-state index is -0.252. The molecule has 0 atom stereocenters. The summed E-state index contributed by atoms with van der Waals surface area (Å²) in [6, 6.07) is 12.2. The maximum absolute atomic E-state index is 12.1. The van der Waals surface area contributed by atoms with Crippen LogP contribution < -0.4 is 5.56 Å². The van der Waals surface area contributed by atoms with Crippen molar-refractivity contribution in [3.05, 3.63) is 74.7 Å². The molecule has 0 saturated heterocycles. The molecule has 3 nitrogen and oxygen atoms in total. The van der Waals surface area contributed by atoms with E-state index >= 15 is 0 Å². The SMILES string of the molecule is CC(C)CN(C)CCC/C=C(\c1ccc(C(C)(C)C)cc1)c1ccc(Cl)c(=O)[nH]1. The molecule has 1 aromatic heterocycles. The lowest BCUT2D eigenvalue weighted by Gasteiger charge is -2.20. The standard InChI is InChI=1S/C25H35ClN2O/c1-18(2)17-28(6)16-8-7-9-21(23-15-14-22(26)24(29)27-23)19-10-12-20(13-11-19)25(3,4)5/h9-15,18H,7-8,16-17H2,1-6H3,(H,27,29)/b21-9+. The molecule has 2 rings (SSSR count). The van der Waals surface area contributed by atoms with Crippen LogP contribution in [0.25, 0.3) is 5.57 Å². The number of rotatable bonds is 8. The largest absolute Gasteiger partial charge is 0.321 e. The van der Waals surface area contributed by atoms with Gasteiger partial charge in [0.05, 0.1) is 0 Å². The Morgan fingerprint density at radius 1 is 1.14 bits per heavy atom. The fraction of sp³-hybridized carbons (Fsp3) is 0.480. The third-order valence-electron chi connectivity index (χ3n) is 4.98. The minimum Gasteiger partial charge on any atom is -0.321 e. The molecule has 1 N–H and O–H groups in total. The number of H-pyrrole nitrogens is 1. The normalized spacial score (nSPS) is 12.8. The van der Waals surface area contributed by atoms with E-state index in [2.05, 4.69) is 81.9 Å². The number of halogens is 1. The number of allylic oxidation sites excluding steroid dienone is 1. The second-order valence-corrected chi connectivity index (χ2v) is 9.70. The molecule has 29 heavy (non-hydrogen) atoms. The molecular formula is C25H35ClN2O. The van der Waals surface area contributed by atoms with Crippen LogP contribution in [0.4, 0.5) is 0 Å². The molecule has 0 bridgehead atoms. The number of unbranched alkanes of at least 4 members (excludes halogenated alkanes) is 1. The first-order valence-corrected chi connectivity index (χ1v) is 10.8. The van der Waals surface area contributed by atoms with Gasteiger partial charge in [-0.05, 0) is 61.0 Å². The molecule has 0 spiro atoms. The van der Waals surface area contributed by atoms with Gasteiger partial charge in [0.25, 0.3) is 5.56 Å². The molecule has 2 aromatic rings. The monoisotopic (exact) mass is 414 g/mol. The summed E-state index contributed by atoms with van der Waals surface area (Å²) in [5.74, 6) is 0.673. The third kappa shape index (κ3) is 7.17. The van der Waals surface area contributed by atoms with Gasteiger partial charge in [-0.15, -0.1) is 0 Å². The molecule has 0 aliphatic carbocycles. The average molecular weight is 415 g/mol. The summed E-state index contributed by atoms with van der Waals surface area (Å²) in [5.41, 5.74) is 4.10. The third-order valence-corrected chi connectivity index (χ3v) is 5.28. The summed E-state index contributed by atoms with van der Waals surface area (Å²) in [5, 5.41) is 0.214. The van der Waals surface area contributed by atoms with Crippen LogP contribution in [0.3, 0.4) is 0 Å². The highest BCUT2D eigenvalue weighted by Gasteiger charge is 2.14. The van der Waals surface area contributed by atoms with Gasteiger partial charge in [-0.25, -0.2) is 0 Å². The smallest absolute Gasteiger partial charge is 0.267 e. The van der Waals surface area contributed by atoms with Crippen molar-refractivity contribution in [2.45, 2.75) is 52.9 Å². The number of aromatic amines is 1. The highest BCUT2D eigenvalue weighted by Crippen LogP contribution is 2.27. The van der Waals surface area contributed by atoms with E-state index in [1.165, 1.54) is 5.56 Å². The Morgan fingerprint density at radius 2 is 1.79 bits per heavy atom. The van der Waals surface area contributed by atoms with E-state index in [0.29, 0.717) is 5.92 Å². The highest BCUT2D eigenvalue weighted by molar-refractivity contribution is 6.30. The molecule has 0 aliphatic heterocycles. The number of nitrogens with zero attached hydrogens (tertiary/aromatic N) is 1. The zero-order valence-corrected chi connectivity index (χ0v) is 19.4. The summed E-state index contributed by atoms with van der Waals surface area (Å²) in [6.45, 7) is 13.3. The van der Waals surface area contributed by atoms with Crippen LogP contribution in [0.15, 0.2) is 47.3 Å². The average Bonchev–Trinajstić information content (AvgIpc) is 2.63. The summed E-state index contributed by atoms with van der Waals surface area (Å²) in [4.78, 5) is 17.4. The molecule has 0 saturated carbocycles. The number of hydrogen-bond donors (Lipinski definition) is 1. The zero-order valence-electron chi connectivity index (χ0n) is 18.7. The van der Waals surface area contributed by atoms with Gasteiger partial charge in [-0.1, -0.05) is 76.6 Å². The van der Waals surface area contributed by atoms with Crippen LogP contribution >= 0.6 is 11.6 Å². The lowest BCUT2D eigenvalue weighted by Crippen LogP contribution is -2.24.